The molecule has 0 aliphatic carbocycles. The molecule has 1 aromatic heterocycles. The van der Waals surface area contributed by atoms with Crippen LogP contribution in [0.4, 0.5) is 4.39 Å². The number of carbonyl (C=O) groups excluding carboxylic acids is 2. The van der Waals surface area contributed by atoms with Crippen LogP contribution >= 0.6 is 0 Å². The number of amides is 1. The van der Waals surface area contributed by atoms with Crippen LogP contribution in [0.25, 0.3) is 0 Å². The Balaban J connectivity index is 1.70. The van der Waals surface area contributed by atoms with Crippen molar-refractivity contribution in [3.8, 4) is 5.75 Å². The van der Waals surface area contributed by atoms with E-state index >= 15 is 0 Å². The van der Waals surface area contributed by atoms with E-state index in [0.717, 1.165) is 0 Å². The number of hydrogen-bond donors (Lipinski definition) is 1. The Morgan fingerprint density at radius 3 is 2.39 bits per heavy atom. The third-order valence-corrected chi connectivity index (χ3v) is 4.26. The molecule has 6 nitrogen and oxygen atoms in total. The molecule has 0 fully saturated rings. The first-order valence-electron chi connectivity index (χ1n) is 8.70. The second-order valence-corrected chi connectivity index (χ2v) is 6.32. The summed E-state index contributed by atoms with van der Waals surface area (Å²) in [7, 11) is 1.82. The van der Waals surface area contributed by atoms with E-state index in [2.05, 4.69) is 10.3 Å². The normalized spacial score (nSPS) is 11.7. The van der Waals surface area contributed by atoms with Crippen molar-refractivity contribution in [2.24, 2.45) is 7.05 Å². The quantitative estimate of drug-likeness (QED) is 0.639. The smallest absolute Gasteiger partial charge is 0.258 e. The van der Waals surface area contributed by atoms with Gasteiger partial charge in [-0.15, -0.1) is 0 Å². The summed E-state index contributed by atoms with van der Waals surface area (Å²) >= 11 is 0. The minimum Gasteiger partial charge on any atom is -0.484 e. The average molecular weight is 381 g/mol. The highest BCUT2D eigenvalue weighted by molar-refractivity contribution is 5.94. The van der Waals surface area contributed by atoms with Crippen molar-refractivity contribution in [2.75, 3.05) is 6.61 Å². The number of aryl methyl sites for hydroxylation is 1. The van der Waals surface area contributed by atoms with E-state index in [1.54, 1.807) is 53.4 Å². The molecule has 7 heteroatoms. The van der Waals surface area contributed by atoms with Gasteiger partial charge in [-0.3, -0.25) is 9.59 Å². The van der Waals surface area contributed by atoms with Crippen molar-refractivity contribution >= 4 is 11.7 Å². The van der Waals surface area contributed by atoms with Gasteiger partial charge < -0.3 is 14.6 Å². The van der Waals surface area contributed by atoms with E-state index < -0.39 is 6.04 Å². The highest BCUT2D eigenvalue weighted by Crippen LogP contribution is 2.21. The molecule has 144 valence electrons. The van der Waals surface area contributed by atoms with Gasteiger partial charge in [0.05, 0.1) is 0 Å². The number of ketones is 1. The van der Waals surface area contributed by atoms with Gasteiger partial charge in [-0.2, -0.15) is 0 Å². The monoisotopic (exact) mass is 381 g/mol. The van der Waals surface area contributed by atoms with Crippen molar-refractivity contribution in [2.45, 2.75) is 13.0 Å². The molecule has 3 aromatic rings. The van der Waals surface area contributed by atoms with Crippen LogP contribution in [-0.4, -0.2) is 27.8 Å². The summed E-state index contributed by atoms with van der Waals surface area (Å²) in [5.74, 6) is 0.349. The van der Waals surface area contributed by atoms with Gasteiger partial charge in [0, 0.05) is 25.0 Å². The lowest BCUT2D eigenvalue weighted by Crippen LogP contribution is -2.34. The molecule has 0 radical (unpaired) electrons. The lowest BCUT2D eigenvalue weighted by Gasteiger charge is -2.19. The Bertz CT molecular complexity index is 965. The number of hydrogen-bond acceptors (Lipinski definition) is 4. The van der Waals surface area contributed by atoms with E-state index in [1.807, 2.05) is 7.05 Å². The van der Waals surface area contributed by atoms with Crippen LogP contribution in [0.2, 0.25) is 0 Å². The van der Waals surface area contributed by atoms with Crippen LogP contribution in [0.5, 0.6) is 5.75 Å². The van der Waals surface area contributed by atoms with Gasteiger partial charge in [0.15, 0.2) is 12.4 Å². The summed E-state index contributed by atoms with van der Waals surface area (Å²) < 4.78 is 20.6. The Hall–Kier alpha value is -3.48. The Labute approximate surface area is 162 Å². The number of benzene rings is 2. The first-order valence-corrected chi connectivity index (χ1v) is 8.70. The Morgan fingerprint density at radius 1 is 1.14 bits per heavy atom. The van der Waals surface area contributed by atoms with Gasteiger partial charge in [0.1, 0.15) is 23.4 Å². The SMILES string of the molecule is CC(=O)c1ccc(OCC(=O)NC(c2ccc(F)cc2)c2nccn2C)cc1. The number of Topliss-reactive ketones (excluding diaryl/α,β-unsaturated/α-hetero) is 1. The fraction of sp³-hybridized carbons (Fsp3) is 0.190. The molecule has 1 unspecified atom stereocenters. The summed E-state index contributed by atoms with van der Waals surface area (Å²) in [4.78, 5) is 28.0. The molecular formula is C21H20FN3O3. The predicted octanol–water partition coefficient (Wildman–Crippen LogP) is 3.05. The summed E-state index contributed by atoms with van der Waals surface area (Å²) in [6.07, 6.45) is 3.40. The third-order valence-electron chi connectivity index (χ3n) is 4.26. The van der Waals surface area contributed by atoms with E-state index in [1.165, 1.54) is 19.1 Å². The molecule has 1 N–H and O–H groups in total. The molecule has 3 rings (SSSR count). The van der Waals surface area contributed by atoms with E-state index in [0.29, 0.717) is 22.7 Å². The maximum absolute atomic E-state index is 13.3. The fourth-order valence-corrected chi connectivity index (χ4v) is 2.74. The highest BCUT2D eigenvalue weighted by atomic mass is 19.1. The highest BCUT2D eigenvalue weighted by Gasteiger charge is 2.21. The summed E-state index contributed by atoms with van der Waals surface area (Å²) in [6.45, 7) is 1.28. The number of nitrogens with zero attached hydrogens (tertiary/aromatic N) is 2. The first-order chi connectivity index (χ1) is 13.4. The predicted molar refractivity (Wildman–Crippen MR) is 102 cm³/mol. The lowest BCUT2D eigenvalue weighted by atomic mass is 10.1. The third kappa shape index (κ3) is 4.62. The van der Waals surface area contributed by atoms with E-state index in [4.69, 9.17) is 4.74 Å². The van der Waals surface area contributed by atoms with Crippen molar-refractivity contribution in [1.29, 1.82) is 0 Å². The standard InChI is InChI=1S/C21H20FN3O3/c1-14(26)15-5-9-18(10-6-15)28-13-19(27)24-20(21-23-11-12-25(21)2)16-3-7-17(22)8-4-16/h3-12,20H,13H2,1-2H3,(H,24,27). The topological polar surface area (TPSA) is 73.2 Å². The van der Waals surface area contributed by atoms with Crippen molar-refractivity contribution in [3.05, 3.63) is 83.7 Å². The van der Waals surface area contributed by atoms with Gasteiger partial charge in [0.2, 0.25) is 0 Å². The van der Waals surface area contributed by atoms with Gasteiger partial charge in [-0.25, -0.2) is 9.37 Å². The van der Waals surface area contributed by atoms with Gasteiger partial charge in [-0.1, -0.05) is 12.1 Å². The minimum atomic E-state index is -0.545. The molecule has 1 heterocycles. The van der Waals surface area contributed by atoms with Gasteiger partial charge in [0.25, 0.3) is 5.91 Å². The molecular weight excluding hydrogens is 361 g/mol. The second kappa shape index (κ2) is 8.47. The molecule has 1 amide bonds. The van der Waals surface area contributed by atoms with Crippen LogP contribution in [0.1, 0.15) is 34.7 Å². The van der Waals surface area contributed by atoms with Gasteiger partial charge >= 0.3 is 0 Å². The molecule has 0 saturated heterocycles. The van der Waals surface area contributed by atoms with Crippen LogP contribution in [-0.2, 0) is 11.8 Å². The molecule has 0 saturated carbocycles. The first kappa shape index (κ1) is 19.3. The Kier molecular flexibility index (Phi) is 5.84. The maximum Gasteiger partial charge on any atom is 0.258 e. The summed E-state index contributed by atoms with van der Waals surface area (Å²) in [6, 6.07) is 11.9. The zero-order valence-corrected chi connectivity index (χ0v) is 15.6. The van der Waals surface area contributed by atoms with Crippen molar-refractivity contribution < 1.29 is 18.7 Å². The van der Waals surface area contributed by atoms with E-state index in [9.17, 15) is 14.0 Å². The minimum absolute atomic E-state index is 0.0403. The largest absolute Gasteiger partial charge is 0.484 e. The zero-order valence-electron chi connectivity index (χ0n) is 15.6. The summed E-state index contributed by atoms with van der Waals surface area (Å²) in [5.41, 5.74) is 1.28. The van der Waals surface area contributed by atoms with Crippen molar-refractivity contribution in [3.63, 3.8) is 0 Å². The molecule has 0 aliphatic rings. The molecule has 2 aromatic carbocycles. The molecule has 1 atom stereocenters. The number of nitrogens with one attached hydrogen (secondary N) is 1. The molecule has 28 heavy (non-hydrogen) atoms. The van der Waals surface area contributed by atoms with Crippen LogP contribution in [0, 0.1) is 5.82 Å². The number of carbonyl (C=O) groups is 2. The lowest BCUT2D eigenvalue weighted by molar-refractivity contribution is -0.123. The van der Waals surface area contributed by atoms with E-state index in [-0.39, 0.29) is 24.1 Å². The second-order valence-electron chi connectivity index (χ2n) is 6.32. The zero-order chi connectivity index (χ0) is 20.1. The number of aromatic nitrogens is 2. The van der Waals surface area contributed by atoms with Gasteiger partial charge in [-0.05, 0) is 48.9 Å². The van der Waals surface area contributed by atoms with Crippen LogP contribution in [0.15, 0.2) is 60.9 Å². The number of halogens is 1. The Morgan fingerprint density at radius 2 is 1.82 bits per heavy atom. The molecule has 0 bridgehead atoms. The average Bonchev–Trinajstić information content (AvgIpc) is 3.11. The molecule has 0 aliphatic heterocycles. The number of ether oxygens (including phenoxy) is 1. The van der Waals surface area contributed by atoms with Crippen LogP contribution < -0.4 is 10.1 Å². The fourth-order valence-electron chi connectivity index (χ4n) is 2.74. The number of imidazole rings is 1. The van der Waals surface area contributed by atoms with Crippen molar-refractivity contribution in [1.82, 2.24) is 14.9 Å². The maximum atomic E-state index is 13.3. The summed E-state index contributed by atoms with van der Waals surface area (Å²) in [5, 5.41) is 2.87. The van der Waals surface area contributed by atoms with Crippen LogP contribution in [0.3, 0.4) is 0 Å². The number of rotatable bonds is 7. The molecule has 0 spiro atoms.